The van der Waals surface area contributed by atoms with Gasteiger partial charge in [-0.1, -0.05) is 0 Å². The third kappa shape index (κ3) is 2.89. The molecule has 1 aliphatic rings. The molecule has 0 radical (unpaired) electrons. The van der Waals surface area contributed by atoms with Gasteiger partial charge in [-0.05, 0) is 0 Å². The summed E-state index contributed by atoms with van der Waals surface area (Å²) in [5.41, 5.74) is 0. The van der Waals surface area contributed by atoms with Crippen molar-refractivity contribution in [2.24, 2.45) is 0 Å². The van der Waals surface area contributed by atoms with Crippen LogP contribution in [0.3, 0.4) is 0 Å². The Balaban J connectivity index is 2.33. The fourth-order valence-electron chi connectivity index (χ4n) is 1.06. The number of carbonyl (C=O) groups is 2. The number of amides is 1. The molecule has 1 rings (SSSR count). The van der Waals surface area contributed by atoms with Crippen LogP contribution in [0.25, 0.3) is 0 Å². The van der Waals surface area contributed by atoms with E-state index in [0.717, 1.165) is 0 Å². The number of hydrogen-bond acceptors (Lipinski definition) is 4. The average Bonchev–Trinajstić information content (AvgIpc) is 2.52. The maximum Gasteiger partial charge on any atom is 0.321 e. The predicted octanol–water partition coefficient (Wildman–Crippen LogP) is -0.762. The van der Waals surface area contributed by atoms with Gasteiger partial charge in [0.05, 0.1) is 11.8 Å². The molecule has 1 saturated heterocycles. The van der Waals surface area contributed by atoms with Crippen LogP contribution in [0.1, 0.15) is 6.42 Å². The molecule has 1 amide bonds. The van der Waals surface area contributed by atoms with Crippen LogP contribution in [0.15, 0.2) is 0 Å². The molecule has 74 valence electrons. The molecule has 0 aromatic heterocycles. The molecule has 1 aliphatic heterocycles. The molecule has 13 heavy (non-hydrogen) atoms. The highest BCUT2D eigenvalue weighted by Gasteiger charge is 2.30. The smallest absolute Gasteiger partial charge is 0.321 e. The summed E-state index contributed by atoms with van der Waals surface area (Å²) in [7, 11) is 1.57. The molecule has 5 nitrogen and oxygen atoms in total. The first-order valence-corrected chi connectivity index (χ1v) is 4.99. The summed E-state index contributed by atoms with van der Waals surface area (Å²) in [4.78, 5) is 21.5. The summed E-state index contributed by atoms with van der Waals surface area (Å²) in [5.74, 6) is -0.403. The topological polar surface area (TPSA) is 78.4 Å². The largest absolute Gasteiger partial charge is 0.480 e. The number of carboxylic acids is 1. The van der Waals surface area contributed by atoms with Crippen LogP contribution in [-0.4, -0.2) is 41.2 Å². The van der Waals surface area contributed by atoms with Crippen molar-refractivity contribution < 1.29 is 14.7 Å². The van der Waals surface area contributed by atoms with E-state index in [1.54, 1.807) is 7.05 Å². The van der Waals surface area contributed by atoms with Gasteiger partial charge in [-0.2, -0.15) is 0 Å². The normalized spacial score (nSPS) is 27.2. The number of nitrogens with one attached hydrogen (secondary N) is 2. The second-order valence-electron chi connectivity index (χ2n) is 2.76. The first kappa shape index (κ1) is 10.3. The Bertz CT molecular complexity index is 222. The maximum absolute atomic E-state index is 10.9. The lowest BCUT2D eigenvalue weighted by molar-refractivity contribution is -0.138. The lowest BCUT2D eigenvalue weighted by atomic mass is 10.3. The summed E-state index contributed by atoms with van der Waals surface area (Å²) < 4.78 is 0. The number of thioether (sulfide) groups is 1. The molecular weight excluding hydrogens is 192 g/mol. The summed E-state index contributed by atoms with van der Waals surface area (Å²) in [6.45, 7) is 0. The Kier molecular flexibility index (Phi) is 3.56. The average molecular weight is 204 g/mol. The molecule has 0 saturated carbocycles. The molecular formula is C7H12N2O3S. The third-order valence-electron chi connectivity index (χ3n) is 1.80. The number of rotatable bonds is 3. The van der Waals surface area contributed by atoms with E-state index in [1.807, 2.05) is 0 Å². The first-order chi connectivity index (χ1) is 6.13. The Morgan fingerprint density at radius 1 is 1.69 bits per heavy atom. The van der Waals surface area contributed by atoms with Crippen LogP contribution in [-0.2, 0) is 9.59 Å². The first-order valence-electron chi connectivity index (χ1n) is 3.94. The van der Waals surface area contributed by atoms with Gasteiger partial charge in [-0.15, -0.1) is 11.8 Å². The van der Waals surface area contributed by atoms with Gasteiger partial charge in [-0.3, -0.25) is 14.9 Å². The van der Waals surface area contributed by atoms with Crippen LogP contribution < -0.4 is 10.6 Å². The van der Waals surface area contributed by atoms with Crippen LogP contribution in [0.2, 0.25) is 0 Å². The predicted molar refractivity (Wildman–Crippen MR) is 49.5 cm³/mol. The van der Waals surface area contributed by atoms with E-state index in [2.05, 4.69) is 10.6 Å². The maximum atomic E-state index is 10.9. The lowest BCUT2D eigenvalue weighted by Crippen LogP contribution is -2.38. The van der Waals surface area contributed by atoms with Gasteiger partial charge < -0.3 is 10.4 Å². The quantitative estimate of drug-likeness (QED) is 0.563. The third-order valence-corrected chi connectivity index (χ3v) is 3.03. The van der Waals surface area contributed by atoms with Crippen LogP contribution in [0.4, 0.5) is 0 Å². The van der Waals surface area contributed by atoms with Crippen molar-refractivity contribution >= 4 is 23.6 Å². The summed E-state index contributed by atoms with van der Waals surface area (Å²) >= 11 is 1.47. The Morgan fingerprint density at radius 2 is 2.38 bits per heavy atom. The molecule has 2 atom stereocenters. The van der Waals surface area contributed by atoms with Crippen LogP contribution in [0.5, 0.6) is 0 Å². The van der Waals surface area contributed by atoms with E-state index in [-0.39, 0.29) is 11.3 Å². The number of carboxylic acid groups (broad SMARTS) is 1. The second kappa shape index (κ2) is 4.48. The Hall–Kier alpha value is -0.750. The lowest BCUT2D eigenvalue weighted by Gasteiger charge is -2.08. The zero-order chi connectivity index (χ0) is 9.84. The molecule has 0 aromatic rings. The second-order valence-corrected chi connectivity index (χ2v) is 3.99. The number of hydrogen-bond donors (Lipinski definition) is 3. The molecule has 0 aromatic carbocycles. The molecule has 1 fully saturated rings. The minimum Gasteiger partial charge on any atom is -0.480 e. The number of aliphatic carboxylic acids is 1. The van der Waals surface area contributed by atoms with Gasteiger partial charge in [0.2, 0.25) is 5.91 Å². The van der Waals surface area contributed by atoms with E-state index in [9.17, 15) is 9.59 Å². The fraction of sp³-hybridized carbons (Fsp3) is 0.714. The number of carbonyl (C=O) groups excluding carboxylic acids is 1. The highest BCUT2D eigenvalue weighted by Crippen LogP contribution is 2.21. The van der Waals surface area contributed by atoms with Crippen molar-refractivity contribution in [3.05, 3.63) is 0 Å². The minimum absolute atomic E-state index is 0.0685. The summed E-state index contributed by atoms with van der Waals surface area (Å²) in [5, 5.41) is 13.9. The van der Waals surface area contributed by atoms with Crippen molar-refractivity contribution in [2.75, 3.05) is 12.8 Å². The van der Waals surface area contributed by atoms with E-state index in [1.165, 1.54) is 11.8 Å². The Labute approximate surface area is 80.3 Å². The molecule has 0 aliphatic carbocycles. The van der Waals surface area contributed by atoms with Crippen LogP contribution in [0, 0.1) is 0 Å². The van der Waals surface area contributed by atoms with E-state index in [4.69, 9.17) is 5.11 Å². The van der Waals surface area contributed by atoms with Crippen molar-refractivity contribution in [3.8, 4) is 0 Å². The molecule has 2 unspecified atom stereocenters. The van der Waals surface area contributed by atoms with Crippen molar-refractivity contribution in [1.29, 1.82) is 0 Å². The van der Waals surface area contributed by atoms with E-state index < -0.39 is 12.0 Å². The monoisotopic (exact) mass is 204 g/mol. The van der Waals surface area contributed by atoms with Gasteiger partial charge in [0.25, 0.3) is 0 Å². The van der Waals surface area contributed by atoms with Gasteiger partial charge in [-0.25, -0.2) is 0 Å². The van der Waals surface area contributed by atoms with Gasteiger partial charge in [0, 0.05) is 12.8 Å². The zero-order valence-electron chi connectivity index (χ0n) is 7.24. The highest BCUT2D eigenvalue weighted by atomic mass is 32.2. The Morgan fingerprint density at radius 3 is 2.85 bits per heavy atom. The van der Waals surface area contributed by atoms with Crippen molar-refractivity contribution in [1.82, 2.24) is 10.6 Å². The molecule has 3 N–H and O–H groups in total. The summed E-state index contributed by atoms with van der Waals surface area (Å²) in [6, 6.07) is -0.514. The molecule has 6 heteroatoms. The molecule has 0 bridgehead atoms. The fourth-order valence-corrected chi connectivity index (χ4v) is 2.26. The van der Waals surface area contributed by atoms with Crippen molar-refractivity contribution in [3.63, 3.8) is 0 Å². The van der Waals surface area contributed by atoms with Gasteiger partial charge in [0.15, 0.2) is 0 Å². The molecule has 1 heterocycles. The molecule has 0 spiro atoms. The van der Waals surface area contributed by atoms with E-state index in [0.29, 0.717) is 12.2 Å². The van der Waals surface area contributed by atoms with Gasteiger partial charge >= 0.3 is 5.97 Å². The van der Waals surface area contributed by atoms with E-state index >= 15 is 0 Å². The van der Waals surface area contributed by atoms with Crippen molar-refractivity contribution in [2.45, 2.75) is 17.8 Å². The summed E-state index contributed by atoms with van der Waals surface area (Å²) in [6.07, 6.45) is 0.324. The minimum atomic E-state index is -0.855. The highest BCUT2D eigenvalue weighted by molar-refractivity contribution is 8.00. The zero-order valence-corrected chi connectivity index (χ0v) is 8.06. The SMILES string of the molecule is CNC(=O)CC1NC(C(=O)O)CS1. The van der Waals surface area contributed by atoms with Gasteiger partial charge in [0.1, 0.15) is 6.04 Å². The van der Waals surface area contributed by atoms with Crippen LogP contribution >= 0.6 is 11.8 Å². The standard InChI is InChI=1S/C7H12N2O3S/c1-8-5(10)2-6-9-4(3-13-6)7(11)12/h4,6,9H,2-3H2,1H3,(H,8,10)(H,11,12).